The molecule has 0 bridgehead atoms. The van der Waals surface area contributed by atoms with E-state index >= 15 is 0 Å². The maximum Gasteiger partial charge on any atom is 0.266 e. The molecule has 0 unspecified atom stereocenters. The molecule has 2 rings (SSSR count). The lowest BCUT2D eigenvalue weighted by Crippen LogP contribution is -2.24. The average molecular weight is 295 g/mol. The molecule has 2 aromatic rings. The first-order valence-electron chi connectivity index (χ1n) is 6.40. The standard InChI is InChI=1S/C12H17N5O2S/c1-3-6-16-11(13-14-12(16)20)9-4-5-10(18)17(15-9)7-8-19-2/h4-5H,3,6-8H2,1-2H3,(H,14,20). The Morgan fingerprint density at radius 2 is 2.20 bits per heavy atom. The minimum absolute atomic E-state index is 0.165. The Morgan fingerprint density at radius 1 is 1.40 bits per heavy atom. The summed E-state index contributed by atoms with van der Waals surface area (Å²) in [6.45, 7) is 3.65. The lowest BCUT2D eigenvalue weighted by atomic mass is 10.3. The Labute approximate surface area is 121 Å². The number of ether oxygens (including phenoxy) is 1. The van der Waals surface area contributed by atoms with Gasteiger partial charge in [-0.05, 0) is 24.7 Å². The zero-order valence-corrected chi connectivity index (χ0v) is 12.3. The van der Waals surface area contributed by atoms with Crippen molar-refractivity contribution < 1.29 is 4.74 Å². The zero-order chi connectivity index (χ0) is 14.5. The Hall–Kier alpha value is -1.80. The van der Waals surface area contributed by atoms with Gasteiger partial charge in [0.1, 0.15) is 5.69 Å². The maximum atomic E-state index is 11.7. The molecule has 0 spiro atoms. The number of H-pyrrole nitrogens is 1. The van der Waals surface area contributed by atoms with Crippen molar-refractivity contribution in [3.8, 4) is 11.5 Å². The van der Waals surface area contributed by atoms with Gasteiger partial charge in [-0.25, -0.2) is 4.68 Å². The topological polar surface area (TPSA) is 77.7 Å². The summed E-state index contributed by atoms with van der Waals surface area (Å²) in [5.41, 5.74) is 0.448. The molecular formula is C12H17N5O2S. The molecule has 1 N–H and O–H groups in total. The van der Waals surface area contributed by atoms with Crippen LogP contribution in [-0.2, 0) is 17.8 Å². The van der Waals surface area contributed by atoms with Gasteiger partial charge in [0.05, 0.1) is 13.2 Å². The summed E-state index contributed by atoms with van der Waals surface area (Å²) in [7, 11) is 1.58. The Balaban J connectivity index is 2.43. The fourth-order valence-electron chi connectivity index (χ4n) is 1.85. The molecular weight excluding hydrogens is 278 g/mol. The molecule has 0 aliphatic rings. The summed E-state index contributed by atoms with van der Waals surface area (Å²) in [4.78, 5) is 11.7. The van der Waals surface area contributed by atoms with Crippen LogP contribution in [0, 0.1) is 4.77 Å². The number of aromatic amines is 1. The fourth-order valence-corrected chi connectivity index (χ4v) is 2.07. The second kappa shape index (κ2) is 6.58. The summed E-state index contributed by atoms with van der Waals surface area (Å²) in [5, 5.41) is 11.3. The smallest absolute Gasteiger partial charge is 0.266 e. The van der Waals surface area contributed by atoms with Crippen LogP contribution in [0.25, 0.3) is 11.5 Å². The molecule has 8 heteroatoms. The lowest BCUT2D eigenvalue weighted by molar-refractivity contribution is 0.182. The number of aromatic nitrogens is 5. The van der Waals surface area contributed by atoms with E-state index in [9.17, 15) is 4.79 Å². The highest BCUT2D eigenvalue weighted by molar-refractivity contribution is 7.71. The number of methoxy groups -OCH3 is 1. The van der Waals surface area contributed by atoms with E-state index in [1.165, 1.54) is 10.7 Å². The Kier molecular flexibility index (Phi) is 4.80. The van der Waals surface area contributed by atoms with Gasteiger partial charge < -0.3 is 4.74 Å². The molecule has 0 atom stereocenters. The fraction of sp³-hybridized carbons (Fsp3) is 0.500. The highest BCUT2D eigenvalue weighted by atomic mass is 32.1. The molecule has 2 heterocycles. The van der Waals surface area contributed by atoms with E-state index in [1.54, 1.807) is 13.2 Å². The minimum Gasteiger partial charge on any atom is -0.383 e. The normalized spacial score (nSPS) is 10.9. The Bertz CT molecular complexity index is 688. The lowest BCUT2D eigenvalue weighted by Gasteiger charge is -2.07. The monoisotopic (exact) mass is 295 g/mol. The summed E-state index contributed by atoms with van der Waals surface area (Å²) in [5.74, 6) is 0.642. The van der Waals surface area contributed by atoms with Crippen molar-refractivity contribution in [1.82, 2.24) is 24.5 Å². The van der Waals surface area contributed by atoms with Gasteiger partial charge in [0.15, 0.2) is 10.6 Å². The van der Waals surface area contributed by atoms with Crippen molar-refractivity contribution >= 4 is 12.2 Å². The molecule has 0 radical (unpaired) electrons. The van der Waals surface area contributed by atoms with E-state index < -0.39 is 0 Å². The van der Waals surface area contributed by atoms with E-state index in [1.807, 2.05) is 4.57 Å². The summed E-state index contributed by atoms with van der Waals surface area (Å²) >= 11 is 5.20. The molecule has 0 fully saturated rings. The molecule has 0 saturated heterocycles. The van der Waals surface area contributed by atoms with Gasteiger partial charge in [-0.2, -0.15) is 10.2 Å². The highest BCUT2D eigenvalue weighted by Gasteiger charge is 2.11. The van der Waals surface area contributed by atoms with Crippen LogP contribution in [0.15, 0.2) is 16.9 Å². The third-order valence-corrected chi connectivity index (χ3v) is 3.12. The van der Waals surface area contributed by atoms with Crippen molar-refractivity contribution in [3.63, 3.8) is 0 Å². The number of nitrogens with zero attached hydrogens (tertiary/aromatic N) is 4. The Morgan fingerprint density at radius 3 is 2.90 bits per heavy atom. The number of hydrogen-bond donors (Lipinski definition) is 1. The van der Waals surface area contributed by atoms with Gasteiger partial charge in [-0.1, -0.05) is 6.92 Å². The molecule has 7 nitrogen and oxygen atoms in total. The number of nitrogens with one attached hydrogen (secondary N) is 1. The number of rotatable bonds is 6. The largest absolute Gasteiger partial charge is 0.383 e. The first kappa shape index (κ1) is 14.6. The first-order valence-corrected chi connectivity index (χ1v) is 6.81. The molecule has 0 aliphatic carbocycles. The molecule has 0 amide bonds. The van der Waals surface area contributed by atoms with E-state index in [4.69, 9.17) is 17.0 Å². The quantitative estimate of drug-likeness (QED) is 0.811. The van der Waals surface area contributed by atoms with Crippen LogP contribution < -0.4 is 5.56 Å². The SMILES string of the molecule is CCCn1c(-c2ccc(=O)n(CCOC)n2)n[nH]c1=S. The number of hydrogen-bond acceptors (Lipinski definition) is 5. The summed E-state index contributed by atoms with van der Waals surface area (Å²) in [6.07, 6.45) is 0.935. The van der Waals surface area contributed by atoms with Gasteiger partial charge >= 0.3 is 0 Å². The van der Waals surface area contributed by atoms with Gasteiger partial charge in [-0.15, -0.1) is 0 Å². The van der Waals surface area contributed by atoms with Crippen molar-refractivity contribution in [2.75, 3.05) is 13.7 Å². The third-order valence-electron chi connectivity index (χ3n) is 2.81. The zero-order valence-electron chi connectivity index (χ0n) is 11.5. The van der Waals surface area contributed by atoms with Gasteiger partial charge in [0, 0.05) is 19.7 Å². The van der Waals surface area contributed by atoms with E-state index in [-0.39, 0.29) is 5.56 Å². The van der Waals surface area contributed by atoms with Gasteiger partial charge in [-0.3, -0.25) is 14.5 Å². The van der Waals surface area contributed by atoms with Crippen LogP contribution >= 0.6 is 12.2 Å². The van der Waals surface area contributed by atoms with Crippen molar-refractivity contribution in [2.24, 2.45) is 0 Å². The van der Waals surface area contributed by atoms with E-state index in [0.29, 0.717) is 29.4 Å². The van der Waals surface area contributed by atoms with Crippen molar-refractivity contribution in [2.45, 2.75) is 26.4 Å². The van der Waals surface area contributed by atoms with Crippen LogP contribution in [0.5, 0.6) is 0 Å². The predicted octanol–water partition coefficient (Wildman–Crippen LogP) is 1.22. The van der Waals surface area contributed by atoms with Crippen LogP contribution in [-0.4, -0.2) is 38.3 Å². The van der Waals surface area contributed by atoms with Crippen LogP contribution in [0.1, 0.15) is 13.3 Å². The first-order chi connectivity index (χ1) is 9.67. The molecule has 0 saturated carbocycles. The molecule has 0 aromatic carbocycles. The summed E-state index contributed by atoms with van der Waals surface area (Å²) < 4.78 is 8.77. The average Bonchev–Trinajstić information content (AvgIpc) is 2.80. The molecule has 108 valence electrons. The third kappa shape index (κ3) is 3.02. The summed E-state index contributed by atoms with van der Waals surface area (Å²) in [6, 6.07) is 3.13. The van der Waals surface area contributed by atoms with E-state index in [0.717, 1.165) is 13.0 Å². The van der Waals surface area contributed by atoms with Gasteiger partial charge in [0.25, 0.3) is 5.56 Å². The van der Waals surface area contributed by atoms with Crippen molar-refractivity contribution in [1.29, 1.82) is 0 Å². The van der Waals surface area contributed by atoms with Crippen LogP contribution in [0.4, 0.5) is 0 Å². The molecule has 2 aromatic heterocycles. The van der Waals surface area contributed by atoms with Crippen LogP contribution in [0.3, 0.4) is 0 Å². The second-order valence-electron chi connectivity index (χ2n) is 4.28. The maximum absolute atomic E-state index is 11.7. The van der Waals surface area contributed by atoms with E-state index in [2.05, 4.69) is 22.2 Å². The molecule has 20 heavy (non-hydrogen) atoms. The van der Waals surface area contributed by atoms with Crippen molar-refractivity contribution in [3.05, 3.63) is 27.3 Å². The van der Waals surface area contributed by atoms with Crippen LogP contribution in [0.2, 0.25) is 0 Å². The minimum atomic E-state index is -0.165. The molecule has 0 aliphatic heterocycles. The highest BCUT2D eigenvalue weighted by Crippen LogP contribution is 2.13. The predicted molar refractivity (Wildman–Crippen MR) is 77.1 cm³/mol. The van der Waals surface area contributed by atoms with Gasteiger partial charge in [0.2, 0.25) is 0 Å². The second-order valence-corrected chi connectivity index (χ2v) is 4.66.